The van der Waals surface area contributed by atoms with Gasteiger partial charge in [-0.05, 0) is 36.1 Å². The van der Waals surface area contributed by atoms with Gasteiger partial charge in [-0.1, -0.05) is 66.7 Å². The van der Waals surface area contributed by atoms with E-state index in [0.29, 0.717) is 23.9 Å². The van der Waals surface area contributed by atoms with Gasteiger partial charge >= 0.3 is 0 Å². The van der Waals surface area contributed by atoms with Crippen LogP contribution in [0, 0.1) is 5.92 Å². The van der Waals surface area contributed by atoms with Gasteiger partial charge in [0.25, 0.3) is 0 Å². The van der Waals surface area contributed by atoms with E-state index in [1.54, 1.807) is 7.11 Å². The Labute approximate surface area is 189 Å². The normalized spacial score (nSPS) is 19.2. The summed E-state index contributed by atoms with van der Waals surface area (Å²) in [5.74, 6) is 0.900. The summed E-state index contributed by atoms with van der Waals surface area (Å²) in [6.07, 6.45) is 2.13. The van der Waals surface area contributed by atoms with Crippen molar-refractivity contribution in [2.45, 2.75) is 25.0 Å². The number of carbonyl (C=O) groups is 1. The van der Waals surface area contributed by atoms with Crippen LogP contribution in [0.3, 0.4) is 0 Å². The second-order valence-electron chi connectivity index (χ2n) is 8.08. The van der Waals surface area contributed by atoms with Crippen LogP contribution in [0.5, 0.6) is 5.75 Å². The Balaban J connectivity index is 1.50. The molecule has 2 N–H and O–H groups in total. The first-order chi connectivity index (χ1) is 15.7. The second kappa shape index (κ2) is 10.9. The van der Waals surface area contributed by atoms with Gasteiger partial charge < -0.3 is 20.1 Å². The molecule has 0 radical (unpaired) electrons. The van der Waals surface area contributed by atoms with Crippen LogP contribution in [0.15, 0.2) is 84.9 Å². The highest BCUT2D eigenvalue weighted by Gasteiger charge is 2.29. The maximum Gasteiger partial charge on any atom is 0.246 e. The minimum absolute atomic E-state index is 0.0373. The average Bonchev–Trinajstić information content (AvgIpc) is 2.86. The minimum atomic E-state index is -0.472. The first-order valence-corrected chi connectivity index (χ1v) is 11.1. The smallest absolute Gasteiger partial charge is 0.246 e. The van der Waals surface area contributed by atoms with Gasteiger partial charge in [0.15, 0.2) is 0 Å². The van der Waals surface area contributed by atoms with Gasteiger partial charge in [0, 0.05) is 30.8 Å². The fraction of sp³-hybridized carbons (Fsp3) is 0.296. The monoisotopic (exact) mass is 430 g/mol. The standard InChI is InChI=1S/C27H30N2O3/c1-31-24-16-8-15-23(18-24)29-27(30)25(20-10-4-2-5-11-20)28-19-22-14-9-17-32-26(22)21-12-6-3-7-13-21/h2-8,10-13,15-16,18,22,25-26,28H,9,14,17,19H2,1H3,(H,29,30). The van der Waals surface area contributed by atoms with Crippen molar-refractivity contribution < 1.29 is 14.3 Å². The van der Waals surface area contributed by atoms with Gasteiger partial charge in [0.1, 0.15) is 11.8 Å². The molecule has 1 amide bonds. The molecule has 166 valence electrons. The number of hydrogen-bond donors (Lipinski definition) is 2. The summed E-state index contributed by atoms with van der Waals surface area (Å²) in [5.41, 5.74) is 2.83. The highest BCUT2D eigenvalue weighted by Crippen LogP contribution is 2.33. The topological polar surface area (TPSA) is 59.6 Å². The van der Waals surface area contributed by atoms with Crippen molar-refractivity contribution in [2.24, 2.45) is 5.92 Å². The molecule has 3 unspecified atom stereocenters. The zero-order chi connectivity index (χ0) is 22.2. The van der Waals surface area contributed by atoms with Gasteiger partial charge in [0.2, 0.25) is 5.91 Å². The quantitative estimate of drug-likeness (QED) is 0.520. The van der Waals surface area contributed by atoms with E-state index >= 15 is 0 Å². The molecule has 3 aromatic carbocycles. The Morgan fingerprint density at radius 2 is 1.78 bits per heavy atom. The number of anilines is 1. The van der Waals surface area contributed by atoms with E-state index in [0.717, 1.165) is 25.0 Å². The van der Waals surface area contributed by atoms with Crippen LogP contribution >= 0.6 is 0 Å². The number of methoxy groups -OCH3 is 1. The van der Waals surface area contributed by atoms with Crippen molar-refractivity contribution in [3.8, 4) is 5.75 Å². The molecule has 0 bridgehead atoms. The third-order valence-electron chi connectivity index (χ3n) is 5.89. The Morgan fingerprint density at radius 3 is 2.53 bits per heavy atom. The Hall–Kier alpha value is -3.15. The molecule has 0 saturated carbocycles. The summed E-state index contributed by atoms with van der Waals surface area (Å²) >= 11 is 0. The molecule has 1 fully saturated rings. The number of amides is 1. The van der Waals surface area contributed by atoms with E-state index < -0.39 is 6.04 Å². The lowest BCUT2D eigenvalue weighted by atomic mass is 9.89. The third-order valence-corrected chi connectivity index (χ3v) is 5.89. The van der Waals surface area contributed by atoms with Gasteiger partial charge in [-0.25, -0.2) is 0 Å². The Bertz CT molecular complexity index is 994. The van der Waals surface area contributed by atoms with E-state index in [1.807, 2.05) is 72.8 Å². The van der Waals surface area contributed by atoms with Crippen LogP contribution in [0.4, 0.5) is 5.69 Å². The minimum Gasteiger partial charge on any atom is -0.497 e. The predicted octanol–water partition coefficient (Wildman–Crippen LogP) is 5.13. The van der Waals surface area contributed by atoms with Crippen LogP contribution in [0.2, 0.25) is 0 Å². The molecule has 0 spiro atoms. The van der Waals surface area contributed by atoms with Crippen LogP contribution in [0.1, 0.15) is 36.1 Å². The molecular weight excluding hydrogens is 400 g/mol. The van der Waals surface area contributed by atoms with Gasteiger partial charge in [-0.2, -0.15) is 0 Å². The molecule has 32 heavy (non-hydrogen) atoms. The zero-order valence-electron chi connectivity index (χ0n) is 18.4. The molecule has 5 heteroatoms. The molecule has 4 rings (SSSR count). The zero-order valence-corrected chi connectivity index (χ0v) is 18.4. The molecule has 3 atom stereocenters. The van der Waals surface area contributed by atoms with Crippen LogP contribution in [-0.4, -0.2) is 26.2 Å². The SMILES string of the molecule is COc1cccc(NC(=O)C(NCC2CCCOC2c2ccccc2)c2ccccc2)c1. The Kier molecular flexibility index (Phi) is 7.54. The van der Waals surface area contributed by atoms with E-state index in [1.165, 1.54) is 5.56 Å². The molecule has 0 aromatic heterocycles. The summed E-state index contributed by atoms with van der Waals surface area (Å²) in [6, 6.07) is 27.1. The van der Waals surface area contributed by atoms with Crippen molar-refractivity contribution in [3.63, 3.8) is 0 Å². The third kappa shape index (κ3) is 5.55. The number of hydrogen-bond acceptors (Lipinski definition) is 4. The van der Waals surface area contributed by atoms with Crippen molar-refractivity contribution in [2.75, 3.05) is 25.6 Å². The highest BCUT2D eigenvalue weighted by atomic mass is 16.5. The summed E-state index contributed by atoms with van der Waals surface area (Å²) in [5, 5.41) is 6.56. The lowest BCUT2D eigenvalue weighted by Crippen LogP contribution is -2.38. The summed E-state index contributed by atoms with van der Waals surface area (Å²) < 4.78 is 11.4. The maximum atomic E-state index is 13.3. The molecule has 1 aliphatic rings. The fourth-order valence-corrected chi connectivity index (χ4v) is 4.26. The van der Waals surface area contributed by atoms with E-state index in [2.05, 4.69) is 22.8 Å². The lowest BCUT2D eigenvalue weighted by Gasteiger charge is -2.33. The number of benzene rings is 3. The molecule has 3 aromatic rings. The number of ether oxygens (including phenoxy) is 2. The predicted molar refractivity (Wildman–Crippen MR) is 127 cm³/mol. The lowest BCUT2D eigenvalue weighted by molar-refractivity contribution is -0.118. The maximum absolute atomic E-state index is 13.3. The van der Waals surface area contributed by atoms with E-state index in [9.17, 15) is 4.79 Å². The second-order valence-corrected chi connectivity index (χ2v) is 8.08. The van der Waals surface area contributed by atoms with Crippen LogP contribution in [-0.2, 0) is 9.53 Å². The van der Waals surface area contributed by atoms with Crippen molar-refractivity contribution >= 4 is 11.6 Å². The number of nitrogens with one attached hydrogen (secondary N) is 2. The largest absolute Gasteiger partial charge is 0.497 e. The first-order valence-electron chi connectivity index (χ1n) is 11.1. The van der Waals surface area contributed by atoms with Crippen LogP contribution in [0.25, 0.3) is 0 Å². The molecule has 1 aliphatic heterocycles. The van der Waals surface area contributed by atoms with Crippen molar-refractivity contribution in [1.82, 2.24) is 5.32 Å². The molecule has 5 nitrogen and oxygen atoms in total. The summed E-state index contributed by atoms with van der Waals surface area (Å²) in [7, 11) is 1.62. The van der Waals surface area contributed by atoms with E-state index in [-0.39, 0.29) is 12.0 Å². The summed E-state index contributed by atoms with van der Waals surface area (Å²) in [6.45, 7) is 1.46. The summed E-state index contributed by atoms with van der Waals surface area (Å²) in [4.78, 5) is 13.3. The highest BCUT2D eigenvalue weighted by molar-refractivity contribution is 5.95. The van der Waals surface area contributed by atoms with E-state index in [4.69, 9.17) is 9.47 Å². The van der Waals surface area contributed by atoms with Crippen molar-refractivity contribution in [1.29, 1.82) is 0 Å². The van der Waals surface area contributed by atoms with Crippen LogP contribution < -0.4 is 15.4 Å². The van der Waals surface area contributed by atoms with Crippen molar-refractivity contribution in [3.05, 3.63) is 96.1 Å². The Morgan fingerprint density at radius 1 is 1.03 bits per heavy atom. The fourth-order valence-electron chi connectivity index (χ4n) is 4.26. The average molecular weight is 431 g/mol. The number of rotatable bonds is 8. The first kappa shape index (κ1) is 22.1. The van der Waals surface area contributed by atoms with Gasteiger partial charge in [-0.3, -0.25) is 4.79 Å². The molecule has 1 heterocycles. The molecule has 0 aliphatic carbocycles. The van der Waals surface area contributed by atoms with Gasteiger partial charge in [0.05, 0.1) is 13.2 Å². The molecular formula is C27H30N2O3. The number of carbonyl (C=O) groups excluding carboxylic acids is 1. The molecule has 1 saturated heterocycles. The van der Waals surface area contributed by atoms with Gasteiger partial charge in [-0.15, -0.1) is 0 Å².